The standard InChI is InChI=1S/C14H17N3O2/c1-10-9-15-17-12(10)19-14(2,3)13(18)16-11-7-5-4-6-8-11/h4-9H,1-3H3,(H,15,17)(H,16,18). The number of anilines is 1. The summed E-state index contributed by atoms with van der Waals surface area (Å²) in [5.41, 5.74) is 0.610. The second kappa shape index (κ2) is 5.14. The summed E-state index contributed by atoms with van der Waals surface area (Å²) < 4.78 is 5.68. The van der Waals surface area contributed by atoms with E-state index < -0.39 is 5.60 Å². The van der Waals surface area contributed by atoms with Crippen LogP contribution in [0.15, 0.2) is 36.5 Å². The normalized spacial score (nSPS) is 11.1. The third kappa shape index (κ3) is 3.13. The van der Waals surface area contributed by atoms with Crippen molar-refractivity contribution in [2.24, 2.45) is 0 Å². The number of nitrogens with zero attached hydrogens (tertiary/aromatic N) is 1. The fraction of sp³-hybridized carbons (Fsp3) is 0.286. The van der Waals surface area contributed by atoms with Crippen molar-refractivity contribution in [2.75, 3.05) is 5.32 Å². The van der Waals surface area contributed by atoms with E-state index in [1.54, 1.807) is 20.0 Å². The topological polar surface area (TPSA) is 67.0 Å². The predicted molar refractivity (Wildman–Crippen MR) is 73.1 cm³/mol. The van der Waals surface area contributed by atoms with Crippen molar-refractivity contribution in [3.05, 3.63) is 42.1 Å². The lowest BCUT2D eigenvalue weighted by Crippen LogP contribution is -2.42. The molecule has 0 fully saturated rings. The van der Waals surface area contributed by atoms with Crippen LogP contribution in [-0.4, -0.2) is 21.7 Å². The van der Waals surface area contributed by atoms with E-state index in [2.05, 4.69) is 15.5 Å². The SMILES string of the molecule is Cc1cn[nH]c1OC(C)(C)C(=O)Nc1ccccc1. The highest BCUT2D eigenvalue weighted by atomic mass is 16.5. The highest BCUT2D eigenvalue weighted by Crippen LogP contribution is 2.20. The zero-order valence-corrected chi connectivity index (χ0v) is 11.2. The van der Waals surface area contributed by atoms with Crippen LogP contribution in [0.1, 0.15) is 19.4 Å². The van der Waals surface area contributed by atoms with Gasteiger partial charge in [0.15, 0.2) is 5.60 Å². The maximum Gasteiger partial charge on any atom is 0.268 e. The van der Waals surface area contributed by atoms with Crippen LogP contribution >= 0.6 is 0 Å². The Kier molecular flexibility index (Phi) is 3.55. The first kappa shape index (κ1) is 13.1. The molecule has 2 N–H and O–H groups in total. The third-order valence-corrected chi connectivity index (χ3v) is 2.72. The van der Waals surface area contributed by atoms with Crippen LogP contribution in [0, 0.1) is 6.92 Å². The molecule has 0 atom stereocenters. The van der Waals surface area contributed by atoms with E-state index in [9.17, 15) is 4.79 Å². The molecule has 0 radical (unpaired) electrons. The van der Waals surface area contributed by atoms with Gasteiger partial charge >= 0.3 is 0 Å². The smallest absolute Gasteiger partial charge is 0.268 e. The van der Waals surface area contributed by atoms with Crippen LogP contribution in [0.3, 0.4) is 0 Å². The van der Waals surface area contributed by atoms with Gasteiger partial charge in [0.25, 0.3) is 5.91 Å². The predicted octanol–water partition coefficient (Wildman–Crippen LogP) is 2.51. The Morgan fingerprint density at radius 2 is 2.00 bits per heavy atom. The molecule has 0 spiro atoms. The van der Waals surface area contributed by atoms with E-state index in [1.165, 1.54) is 0 Å². The molecule has 0 saturated heterocycles. The summed E-state index contributed by atoms with van der Waals surface area (Å²) in [6, 6.07) is 9.28. The number of aromatic nitrogens is 2. The monoisotopic (exact) mass is 259 g/mol. The third-order valence-electron chi connectivity index (χ3n) is 2.72. The number of hydrogen-bond donors (Lipinski definition) is 2. The van der Waals surface area contributed by atoms with Crippen LogP contribution in [-0.2, 0) is 4.79 Å². The minimum absolute atomic E-state index is 0.215. The second-order valence-corrected chi connectivity index (χ2v) is 4.81. The van der Waals surface area contributed by atoms with Crippen LogP contribution in [0.25, 0.3) is 0 Å². The quantitative estimate of drug-likeness (QED) is 0.886. The summed E-state index contributed by atoms with van der Waals surface area (Å²) in [5, 5.41) is 9.41. The van der Waals surface area contributed by atoms with E-state index >= 15 is 0 Å². The van der Waals surface area contributed by atoms with Gasteiger partial charge in [-0.3, -0.25) is 4.79 Å². The molecule has 0 aliphatic heterocycles. The van der Waals surface area contributed by atoms with E-state index in [0.717, 1.165) is 11.3 Å². The van der Waals surface area contributed by atoms with Crippen LogP contribution in [0.4, 0.5) is 5.69 Å². The Hall–Kier alpha value is -2.30. The summed E-state index contributed by atoms with van der Waals surface area (Å²) in [6.07, 6.45) is 1.65. The number of carbonyl (C=O) groups is 1. The van der Waals surface area contributed by atoms with Crippen molar-refractivity contribution in [3.63, 3.8) is 0 Å². The van der Waals surface area contributed by atoms with Crippen LogP contribution < -0.4 is 10.1 Å². The van der Waals surface area contributed by atoms with E-state index in [-0.39, 0.29) is 5.91 Å². The van der Waals surface area contributed by atoms with Crippen molar-refractivity contribution in [2.45, 2.75) is 26.4 Å². The summed E-state index contributed by atoms with van der Waals surface area (Å²) in [6.45, 7) is 5.29. The van der Waals surface area contributed by atoms with Gasteiger partial charge in [-0.15, -0.1) is 0 Å². The number of rotatable bonds is 4. The highest BCUT2D eigenvalue weighted by molar-refractivity contribution is 5.96. The van der Waals surface area contributed by atoms with E-state index in [1.807, 2.05) is 37.3 Å². The van der Waals surface area contributed by atoms with Gasteiger partial charge in [-0.2, -0.15) is 5.10 Å². The molecule has 0 bridgehead atoms. The summed E-state index contributed by atoms with van der Waals surface area (Å²) in [5.74, 6) is 0.293. The lowest BCUT2D eigenvalue weighted by Gasteiger charge is -2.24. The largest absolute Gasteiger partial charge is 0.462 e. The fourth-order valence-electron chi connectivity index (χ4n) is 1.54. The molecule has 1 amide bonds. The van der Waals surface area contributed by atoms with Crippen LogP contribution in [0.2, 0.25) is 0 Å². The minimum atomic E-state index is -0.993. The van der Waals surface area contributed by atoms with Crippen LogP contribution in [0.5, 0.6) is 5.88 Å². The van der Waals surface area contributed by atoms with Gasteiger partial charge in [-0.05, 0) is 32.9 Å². The molecule has 0 unspecified atom stereocenters. The molecule has 5 nitrogen and oxygen atoms in total. The van der Waals surface area contributed by atoms with E-state index in [0.29, 0.717) is 5.88 Å². The van der Waals surface area contributed by atoms with Crippen molar-refractivity contribution >= 4 is 11.6 Å². The molecule has 19 heavy (non-hydrogen) atoms. The Morgan fingerprint density at radius 1 is 1.32 bits per heavy atom. The second-order valence-electron chi connectivity index (χ2n) is 4.81. The molecule has 2 rings (SSSR count). The Morgan fingerprint density at radius 3 is 2.58 bits per heavy atom. The number of H-pyrrole nitrogens is 1. The molecule has 1 heterocycles. The van der Waals surface area contributed by atoms with Gasteiger partial charge in [-0.1, -0.05) is 18.2 Å². The number of amides is 1. The molecule has 1 aromatic heterocycles. The molecule has 0 saturated carbocycles. The van der Waals surface area contributed by atoms with Gasteiger partial charge in [0.1, 0.15) is 0 Å². The first-order valence-electron chi connectivity index (χ1n) is 6.04. The maximum atomic E-state index is 12.2. The molecular formula is C14H17N3O2. The van der Waals surface area contributed by atoms with Gasteiger partial charge in [0.2, 0.25) is 5.88 Å². The van der Waals surface area contributed by atoms with Gasteiger partial charge in [0, 0.05) is 11.3 Å². The van der Waals surface area contributed by atoms with Gasteiger partial charge < -0.3 is 10.1 Å². The number of aromatic amines is 1. The van der Waals surface area contributed by atoms with Gasteiger partial charge in [-0.25, -0.2) is 5.10 Å². The molecule has 2 aromatic rings. The molecule has 100 valence electrons. The minimum Gasteiger partial charge on any atom is -0.462 e. The molecule has 1 aromatic carbocycles. The average molecular weight is 259 g/mol. The number of ether oxygens (including phenoxy) is 1. The van der Waals surface area contributed by atoms with Crippen molar-refractivity contribution in [3.8, 4) is 5.88 Å². The summed E-state index contributed by atoms with van der Waals surface area (Å²) in [4.78, 5) is 12.2. The average Bonchev–Trinajstić information content (AvgIpc) is 2.75. The first-order valence-corrected chi connectivity index (χ1v) is 6.04. The first-order chi connectivity index (χ1) is 8.99. The van der Waals surface area contributed by atoms with Crippen molar-refractivity contribution < 1.29 is 9.53 Å². The number of aryl methyl sites for hydroxylation is 1. The zero-order valence-electron chi connectivity index (χ0n) is 11.2. The van der Waals surface area contributed by atoms with Gasteiger partial charge in [0.05, 0.1) is 6.20 Å². The lowest BCUT2D eigenvalue weighted by molar-refractivity contribution is -0.128. The fourth-order valence-corrected chi connectivity index (χ4v) is 1.54. The molecule has 0 aliphatic rings. The maximum absolute atomic E-state index is 12.2. The van der Waals surface area contributed by atoms with Crippen molar-refractivity contribution in [1.29, 1.82) is 0 Å². The summed E-state index contributed by atoms with van der Waals surface area (Å²) >= 11 is 0. The highest BCUT2D eigenvalue weighted by Gasteiger charge is 2.31. The number of carbonyl (C=O) groups excluding carboxylic acids is 1. The summed E-state index contributed by atoms with van der Waals surface area (Å²) in [7, 11) is 0. The number of benzene rings is 1. The lowest BCUT2D eigenvalue weighted by atomic mass is 10.1. The molecule has 5 heteroatoms. The molecular weight excluding hydrogens is 242 g/mol. The van der Waals surface area contributed by atoms with Crippen molar-refractivity contribution in [1.82, 2.24) is 10.2 Å². The van der Waals surface area contributed by atoms with E-state index in [4.69, 9.17) is 4.74 Å². The number of para-hydroxylation sites is 1. The Bertz CT molecular complexity index is 561. The number of nitrogens with one attached hydrogen (secondary N) is 2. The Labute approximate surface area is 112 Å². The Balaban J connectivity index is 2.07. The molecule has 0 aliphatic carbocycles. The zero-order chi connectivity index (χ0) is 13.9. The number of hydrogen-bond acceptors (Lipinski definition) is 3.